The summed E-state index contributed by atoms with van der Waals surface area (Å²) in [6, 6.07) is 1.83. The average Bonchev–Trinajstić information content (AvgIpc) is 2.47. The Morgan fingerprint density at radius 3 is 2.68 bits per heavy atom. The molecule has 0 aliphatic heterocycles. The molecule has 22 heavy (non-hydrogen) atoms. The normalized spacial score (nSPS) is 20.8. The zero-order chi connectivity index (χ0) is 16.3. The molecule has 0 bridgehead atoms. The number of hydrogen-bond donors (Lipinski definition) is 3. The molecule has 1 aliphatic carbocycles. The Morgan fingerprint density at radius 1 is 1.36 bits per heavy atom. The molecule has 6 nitrogen and oxygen atoms in total. The fourth-order valence-electron chi connectivity index (χ4n) is 2.41. The molecule has 0 aromatic carbocycles. The third kappa shape index (κ3) is 3.16. The quantitative estimate of drug-likeness (QED) is 0.772. The highest BCUT2D eigenvalue weighted by molar-refractivity contribution is 5.96. The molecule has 1 aliphatic rings. The van der Waals surface area contributed by atoms with Gasteiger partial charge in [0.15, 0.2) is 0 Å². The first-order valence-electron chi connectivity index (χ1n) is 6.95. The summed E-state index contributed by atoms with van der Waals surface area (Å²) in [5, 5.41) is 21.8. The first kappa shape index (κ1) is 15.8. The van der Waals surface area contributed by atoms with Crippen molar-refractivity contribution in [1.29, 1.82) is 0 Å². The van der Waals surface area contributed by atoms with E-state index < -0.39 is 17.4 Å². The third-order valence-electron chi connectivity index (χ3n) is 3.58. The summed E-state index contributed by atoms with van der Waals surface area (Å²) >= 11 is 0. The van der Waals surface area contributed by atoms with Crippen molar-refractivity contribution in [2.24, 2.45) is 5.41 Å². The fraction of sp³-hybridized carbons (Fsp3) is 0.312. The van der Waals surface area contributed by atoms with E-state index in [1.165, 1.54) is 13.0 Å². The predicted molar refractivity (Wildman–Crippen MR) is 82.5 cm³/mol. The van der Waals surface area contributed by atoms with Crippen LogP contribution in [0.25, 0.3) is 5.57 Å². The minimum Gasteiger partial charge on any atom is -0.481 e. The Morgan fingerprint density at radius 2 is 2.09 bits per heavy atom. The molecule has 0 spiro atoms. The molecular weight excluding hydrogens is 284 g/mol. The van der Waals surface area contributed by atoms with E-state index in [0.29, 0.717) is 11.1 Å². The van der Waals surface area contributed by atoms with Crippen molar-refractivity contribution in [2.45, 2.75) is 20.3 Å². The van der Waals surface area contributed by atoms with E-state index >= 15 is 0 Å². The monoisotopic (exact) mass is 302 g/mol. The van der Waals surface area contributed by atoms with E-state index in [4.69, 9.17) is 0 Å². The van der Waals surface area contributed by atoms with Gasteiger partial charge in [0.05, 0.1) is 11.1 Å². The van der Waals surface area contributed by atoms with Crippen molar-refractivity contribution in [3.63, 3.8) is 0 Å². The molecule has 3 N–H and O–H groups in total. The Hall–Kier alpha value is -2.63. The molecule has 0 radical (unpaired) electrons. The molecule has 1 unspecified atom stereocenters. The van der Waals surface area contributed by atoms with Gasteiger partial charge in [-0.05, 0) is 38.0 Å². The van der Waals surface area contributed by atoms with Gasteiger partial charge < -0.3 is 15.5 Å². The summed E-state index contributed by atoms with van der Waals surface area (Å²) in [5.41, 5.74) is 0.877. The minimum atomic E-state index is -1.24. The molecule has 0 amide bonds. The zero-order valence-corrected chi connectivity index (χ0v) is 12.5. The SMILES string of the molecule is CCNc1cncc(C2=CC(C)(C(=O)O)CC(C(=O)O)=C2)c1. The highest BCUT2D eigenvalue weighted by Gasteiger charge is 2.36. The van der Waals surface area contributed by atoms with Crippen LogP contribution in [0.2, 0.25) is 0 Å². The number of rotatable bonds is 5. The summed E-state index contributed by atoms with van der Waals surface area (Å²) in [6.45, 7) is 4.20. The number of aliphatic carboxylic acids is 2. The largest absolute Gasteiger partial charge is 0.481 e. The molecule has 1 heterocycles. The smallest absolute Gasteiger partial charge is 0.331 e. The van der Waals surface area contributed by atoms with Gasteiger partial charge in [-0.25, -0.2) is 4.79 Å². The van der Waals surface area contributed by atoms with Gasteiger partial charge in [-0.15, -0.1) is 0 Å². The molecular formula is C16H18N2O4. The van der Waals surface area contributed by atoms with Crippen molar-refractivity contribution in [3.05, 3.63) is 41.7 Å². The second-order valence-corrected chi connectivity index (χ2v) is 5.47. The van der Waals surface area contributed by atoms with Gasteiger partial charge in [-0.1, -0.05) is 6.08 Å². The van der Waals surface area contributed by atoms with Crippen molar-refractivity contribution < 1.29 is 19.8 Å². The first-order valence-corrected chi connectivity index (χ1v) is 6.95. The molecule has 2 rings (SSSR count). The summed E-state index contributed by atoms with van der Waals surface area (Å²) in [6.07, 6.45) is 6.32. The van der Waals surface area contributed by atoms with Crippen LogP contribution in [0.15, 0.2) is 36.2 Å². The summed E-state index contributed by atoms with van der Waals surface area (Å²) in [7, 11) is 0. The number of aromatic nitrogens is 1. The van der Waals surface area contributed by atoms with Crippen LogP contribution in [-0.4, -0.2) is 33.7 Å². The van der Waals surface area contributed by atoms with Crippen molar-refractivity contribution in [2.75, 3.05) is 11.9 Å². The maximum absolute atomic E-state index is 11.5. The van der Waals surface area contributed by atoms with Gasteiger partial charge in [-0.3, -0.25) is 9.78 Å². The van der Waals surface area contributed by atoms with Crippen LogP contribution >= 0.6 is 0 Å². The number of hydrogen-bond acceptors (Lipinski definition) is 4. The molecule has 1 aromatic rings. The Balaban J connectivity index is 2.50. The number of anilines is 1. The predicted octanol–water partition coefficient (Wildman–Crippen LogP) is 2.40. The molecule has 0 fully saturated rings. The lowest BCUT2D eigenvalue weighted by molar-refractivity contribution is -0.145. The summed E-state index contributed by atoms with van der Waals surface area (Å²) in [4.78, 5) is 26.9. The van der Waals surface area contributed by atoms with Crippen LogP contribution in [-0.2, 0) is 9.59 Å². The first-order chi connectivity index (χ1) is 10.4. The van der Waals surface area contributed by atoms with E-state index in [9.17, 15) is 19.8 Å². The van der Waals surface area contributed by atoms with Crippen LogP contribution in [0.1, 0.15) is 25.8 Å². The van der Waals surface area contributed by atoms with E-state index in [-0.39, 0.29) is 12.0 Å². The number of nitrogens with zero attached hydrogens (tertiary/aromatic N) is 1. The van der Waals surface area contributed by atoms with E-state index in [1.807, 2.05) is 13.0 Å². The van der Waals surface area contributed by atoms with Gasteiger partial charge >= 0.3 is 11.9 Å². The number of nitrogens with one attached hydrogen (secondary N) is 1. The van der Waals surface area contributed by atoms with Crippen LogP contribution in [0.3, 0.4) is 0 Å². The Labute approximate surface area is 128 Å². The van der Waals surface area contributed by atoms with Gasteiger partial charge in [0.25, 0.3) is 0 Å². The molecule has 0 saturated carbocycles. The standard InChI is InChI=1S/C16H18N2O4/c1-3-18-13-5-12(8-17-9-13)10-4-11(14(19)20)7-16(2,6-10)15(21)22/h4-6,8-9,18H,3,7H2,1-2H3,(H,19,20)(H,21,22). The Kier molecular flexibility index (Phi) is 4.30. The van der Waals surface area contributed by atoms with Crippen molar-refractivity contribution >= 4 is 23.2 Å². The lowest BCUT2D eigenvalue weighted by Crippen LogP contribution is -2.29. The number of carboxylic acids is 2. The highest BCUT2D eigenvalue weighted by atomic mass is 16.4. The lowest BCUT2D eigenvalue weighted by Gasteiger charge is -2.26. The molecule has 1 atom stereocenters. The van der Waals surface area contributed by atoms with Crippen LogP contribution in [0.5, 0.6) is 0 Å². The van der Waals surface area contributed by atoms with E-state index in [2.05, 4.69) is 10.3 Å². The highest BCUT2D eigenvalue weighted by Crippen LogP contribution is 2.37. The van der Waals surface area contributed by atoms with Crippen LogP contribution in [0, 0.1) is 5.41 Å². The number of pyridine rings is 1. The average molecular weight is 302 g/mol. The molecule has 116 valence electrons. The fourth-order valence-corrected chi connectivity index (χ4v) is 2.41. The third-order valence-corrected chi connectivity index (χ3v) is 3.58. The second kappa shape index (κ2) is 6.01. The molecule has 1 aromatic heterocycles. The number of carboxylic acid groups (broad SMARTS) is 2. The van der Waals surface area contributed by atoms with Crippen molar-refractivity contribution in [1.82, 2.24) is 4.98 Å². The minimum absolute atomic E-state index is 0.0402. The zero-order valence-electron chi connectivity index (χ0n) is 12.5. The van der Waals surface area contributed by atoms with Gasteiger partial charge in [0, 0.05) is 30.1 Å². The Bertz CT molecular complexity index is 678. The topological polar surface area (TPSA) is 99.5 Å². The molecule has 0 saturated heterocycles. The van der Waals surface area contributed by atoms with Crippen LogP contribution < -0.4 is 5.32 Å². The molecule has 6 heteroatoms. The lowest BCUT2D eigenvalue weighted by atomic mass is 9.76. The van der Waals surface area contributed by atoms with E-state index in [1.54, 1.807) is 18.5 Å². The maximum Gasteiger partial charge on any atom is 0.331 e. The number of carbonyl (C=O) groups is 2. The maximum atomic E-state index is 11.5. The van der Waals surface area contributed by atoms with Crippen molar-refractivity contribution in [3.8, 4) is 0 Å². The van der Waals surface area contributed by atoms with Gasteiger partial charge in [0.2, 0.25) is 0 Å². The summed E-state index contributed by atoms with van der Waals surface area (Å²) < 4.78 is 0. The van der Waals surface area contributed by atoms with Crippen LogP contribution in [0.4, 0.5) is 5.69 Å². The number of allylic oxidation sites excluding steroid dienone is 2. The second-order valence-electron chi connectivity index (χ2n) is 5.47. The van der Waals surface area contributed by atoms with E-state index in [0.717, 1.165) is 12.2 Å². The summed E-state index contributed by atoms with van der Waals surface area (Å²) in [5.74, 6) is -2.15. The van der Waals surface area contributed by atoms with Gasteiger partial charge in [-0.2, -0.15) is 0 Å². The van der Waals surface area contributed by atoms with Gasteiger partial charge in [0.1, 0.15) is 0 Å².